The van der Waals surface area contributed by atoms with Gasteiger partial charge in [0.05, 0.1) is 6.21 Å². The molecule has 22 heavy (non-hydrogen) atoms. The summed E-state index contributed by atoms with van der Waals surface area (Å²) in [5.74, 6) is 0. The van der Waals surface area contributed by atoms with Gasteiger partial charge in [-0.1, -0.05) is 62.4 Å². The van der Waals surface area contributed by atoms with Gasteiger partial charge in [-0.05, 0) is 18.7 Å². The normalized spacial score (nSPS) is 12.0. The standard InChI is InChI=1S/C16H20N4OS/c1-11-7-6-8-12(9-11)10-17-20-14(21)13(16(2,3)4)18-19-15(20)22-5/h6-10H,1-5H3/b17-10-. The first-order valence-electron chi connectivity index (χ1n) is 6.98. The van der Waals surface area contributed by atoms with E-state index in [2.05, 4.69) is 15.3 Å². The molecule has 5 nitrogen and oxygen atoms in total. The summed E-state index contributed by atoms with van der Waals surface area (Å²) in [7, 11) is 0. The molecule has 0 radical (unpaired) electrons. The molecule has 0 N–H and O–H groups in total. The fourth-order valence-electron chi connectivity index (χ4n) is 1.94. The van der Waals surface area contributed by atoms with Crippen molar-refractivity contribution in [2.75, 3.05) is 6.26 Å². The number of benzene rings is 1. The summed E-state index contributed by atoms with van der Waals surface area (Å²) in [6, 6.07) is 7.93. The van der Waals surface area contributed by atoms with Crippen LogP contribution < -0.4 is 5.56 Å². The van der Waals surface area contributed by atoms with Gasteiger partial charge in [-0.2, -0.15) is 9.78 Å². The van der Waals surface area contributed by atoms with Gasteiger partial charge in [-0.25, -0.2) is 0 Å². The average molecular weight is 316 g/mol. The van der Waals surface area contributed by atoms with Crippen molar-refractivity contribution in [3.63, 3.8) is 0 Å². The highest BCUT2D eigenvalue weighted by atomic mass is 32.2. The molecule has 1 aromatic heterocycles. The second kappa shape index (κ2) is 6.44. The Morgan fingerprint density at radius 2 is 2.00 bits per heavy atom. The zero-order chi connectivity index (χ0) is 16.3. The van der Waals surface area contributed by atoms with Crippen LogP contribution >= 0.6 is 11.8 Å². The van der Waals surface area contributed by atoms with Gasteiger partial charge in [0.15, 0.2) is 0 Å². The van der Waals surface area contributed by atoms with Gasteiger partial charge in [0.1, 0.15) is 5.69 Å². The van der Waals surface area contributed by atoms with Crippen molar-refractivity contribution < 1.29 is 0 Å². The summed E-state index contributed by atoms with van der Waals surface area (Å²) in [4.78, 5) is 12.6. The molecule has 0 bridgehead atoms. The van der Waals surface area contributed by atoms with E-state index in [1.165, 1.54) is 16.4 Å². The molecule has 1 aromatic carbocycles. The molecule has 0 aliphatic heterocycles. The molecule has 0 aliphatic carbocycles. The van der Waals surface area contributed by atoms with Crippen LogP contribution in [-0.2, 0) is 5.41 Å². The highest BCUT2D eigenvalue weighted by molar-refractivity contribution is 7.98. The third-order valence-corrected chi connectivity index (χ3v) is 3.69. The smallest absolute Gasteiger partial charge is 0.265 e. The first-order chi connectivity index (χ1) is 10.3. The maximum atomic E-state index is 12.6. The molecular formula is C16H20N4OS. The Morgan fingerprint density at radius 3 is 2.59 bits per heavy atom. The lowest BCUT2D eigenvalue weighted by atomic mass is 9.93. The van der Waals surface area contributed by atoms with E-state index in [1.54, 1.807) is 6.21 Å². The van der Waals surface area contributed by atoms with Crippen LogP contribution in [-0.4, -0.2) is 27.3 Å². The van der Waals surface area contributed by atoms with E-state index in [0.717, 1.165) is 11.1 Å². The number of hydrogen-bond donors (Lipinski definition) is 0. The molecule has 0 saturated heterocycles. The summed E-state index contributed by atoms with van der Waals surface area (Å²) < 4.78 is 1.32. The lowest BCUT2D eigenvalue weighted by Gasteiger charge is -2.16. The number of aryl methyl sites for hydroxylation is 1. The number of aromatic nitrogens is 3. The van der Waals surface area contributed by atoms with Gasteiger partial charge in [0, 0.05) is 5.41 Å². The van der Waals surface area contributed by atoms with E-state index < -0.39 is 0 Å². The molecule has 2 rings (SSSR count). The van der Waals surface area contributed by atoms with Crippen LogP contribution in [0.1, 0.15) is 37.6 Å². The molecule has 0 saturated carbocycles. The molecule has 0 amide bonds. The maximum Gasteiger partial charge on any atom is 0.297 e. The second-order valence-electron chi connectivity index (χ2n) is 6.06. The third-order valence-electron chi connectivity index (χ3n) is 3.07. The van der Waals surface area contributed by atoms with Crippen LogP contribution in [0.25, 0.3) is 0 Å². The largest absolute Gasteiger partial charge is 0.297 e. The van der Waals surface area contributed by atoms with E-state index >= 15 is 0 Å². The first-order valence-corrected chi connectivity index (χ1v) is 8.20. The first kappa shape index (κ1) is 16.4. The predicted octanol–water partition coefficient (Wildman–Crippen LogP) is 2.85. The minimum absolute atomic E-state index is 0.226. The average Bonchev–Trinajstić information content (AvgIpc) is 2.44. The van der Waals surface area contributed by atoms with E-state index in [4.69, 9.17) is 0 Å². The predicted molar refractivity (Wildman–Crippen MR) is 90.9 cm³/mol. The Balaban J connectivity index is 2.52. The van der Waals surface area contributed by atoms with Gasteiger partial charge in [0.25, 0.3) is 5.56 Å². The van der Waals surface area contributed by atoms with Gasteiger partial charge in [-0.3, -0.25) is 4.79 Å². The quantitative estimate of drug-likeness (QED) is 0.645. The lowest BCUT2D eigenvalue weighted by Crippen LogP contribution is -2.32. The fraction of sp³-hybridized carbons (Fsp3) is 0.375. The molecule has 0 fully saturated rings. The van der Waals surface area contributed by atoms with Gasteiger partial charge in [-0.15, -0.1) is 10.2 Å². The van der Waals surface area contributed by atoms with Crippen LogP contribution in [0.4, 0.5) is 0 Å². The van der Waals surface area contributed by atoms with E-state index in [9.17, 15) is 4.79 Å². The molecular weight excluding hydrogens is 296 g/mol. The molecule has 6 heteroatoms. The summed E-state index contributed by atoms with van der Waals surface area (Å²) >= 11 is 1.34. The SMILES string of the molecule is CSc1nnc(C(C)(C)C)c(=O)n1/N=C\c1cccc(C)c1. The summed E-state index contributed by atoms with van der Waals surface area (Å²) in [6.45, 7) is 7.83. The number of nitrogens with zero attached hydrogens (tertiary/aromatic N) is 4. The Kier molecular flexibility index (Phi) is 4.81. The van der Waals surface area contributed by atoms with Crippen LogP contribution in [0.3, 0.4) is 0 Å². The maximum absolute atomic E-state index is 12.6. The lowest BCUT2D eigenvalue weighted by molar-refractivity contribution is 0.510. The Bertz CT molecular complexity index is 759. The zero-order valence-electron chi connectivity index (χ0n) is 13.5. The summed E-state index contributed by atoms with van der Waals surface area (Å²) in [5.41, 5.74) is 1.89. The van der Waals surface area contributed by atoms with Crippen LogP contribution in [0.15, 0.2) is 39.3 Å². The highest BCUT2D eigenvalue weighted by Crippen LogP contribution is 2.17. The monoisotopic (exact) mass is 316 g/mol. The number of thioether (sulfide) groups is 1. The van der Waals surface area contributed by atoms with Crippen molar-refractivity contribution in [3.05, 3.63) is 51.4 Å². The van der Waals surface area contributed by atoms with Crippen molar-refractivity contribution in [2.45, 2.75) is 38.3 Å². The van der Waals surface area contributed by atoms with Crippen LogP contribution in [0.5, 0.6) is 0 Å². The van der Waals surface area contributed by atoms with Crippen LogP contribution in [0.2, 0.25) is 0 Å². The molecule has 0 atom stereocenters. The number of rotatable bonds is 3. The van der Waals surface area contributed by atoms with E-state index in [-0.39, 0.29) is 11.0 Å². The van der Waals surface area contributed by atoms with Crippen molar-refractivity contribution in [3.8, 4) is 0 Å². The second-order valence-corrected chi connectivity index (χ2v) is 6.83. The fourth-order valence-corrected chi connectivity index (χ4v) is 2.37. The minimum atomic E-state index is -0.373. The summed E-state index contributed by atoms with van der Waals surface area (Å²) in [5, 5.41) is 13.0. The zero-order valence-corrected chi connectivity index (χ0v) is 14.3. The van der Waals surface area contributed by atoms with Gasteiger partial charge < -0.3 is 0 Å². The van der Waals surface area contributed by atoms with Crippen molar-refractivity contribution in [1.29, 1.82) is 0 Å². The molecule has 0 aliphatic rings. The molecule has 0 unspecified atom stereocenters. The Hall–Kier alpha value is -1.95. The molecule has 2 aromatic rings. The van der Waals surface area contributed by atoms with Gasteiger partial charge in [0.2, 0.25) is 5.16 Å². The Labute approximate surface area is 134 Å². The minimum Gasteiger partial charge on any atom is -0.265 e. The van der Waals surface area contributed by atoms with Gasteiger partial charge >= 0.3 is 0 Å². The highest BCUT2D eigenvalue weighted by Gasteiger charge is 2.23. The van der Waals surface area contributed by atoms with Crippen molar-refractivity contribution >= 4 is 18.0 Å². The van der Waals surface area contributed by atoms with Crippen molar-refractivity contribution in [1.82, 2.24) is 14.9 Å². The number of hydrogen-bond acceptors (Lipinski definition) is 5. The topological polar surface area (TPSA) is 60.1 Å². The molecule has 0 spiro atoms. The Morgan fingerprint density at radius 1 is 1.27 bits per heavy atom. The van der Waals surface area contributed by atoms with Crippen molar-refractivity contribution in [2.24, 2.45) is 5.10 Å². The molecule has 116 valence electrons. The third kappa shape index (κ3) is 3.62. The molecule has 1 heterocycles. The van der Waals surface area contributed by atoms with E-state index in [0.29, 0.717) is 10.9 Å². The summed E-state index contributed by atoms with van der Waals surface area (Å²) in [6.07, 6.45) is 3.52. The van der Waals surface area contributed by atoms with Crippen LogP contribution in [0, 0.1) is 6.92 Å². The van der Waals surface area contributed by atoms with E-state index in [1.807, 2.05) is 58.2 Å².